The molecule has 4 aromatic rings. The number of sulfonamides is 2. The number of hydrogen-bond acceptors (Lipinski definition) is 8. The van der Waals surface area contributed by atoms with Crippen LogP contribution >= 0.6 is 22.7 Å². The van der Waals surface area contributed by atoms with Crippen molar-refractivity contribution in [2.45, 2.75) is 40.8 Å². The molecule has 0 saturated heterocycles. The average Bonchev–Trinajstić information content (AvgIpc) is 3.72. The van der Waals surface area contributed by atoms with Gasteiger partial charge in [0.05, 0.1) is 14.2 Å². The van der Waals surface area contributed by atoms with Gasteiger partial charge in [0.25, 0.3) is 20.0 Å². The Balaban J connectivity index is 1.44. The highest BCUT2D eigenvalue weighted by Gasteiger charge is 2.27. The Kier molecular flexibility index (Phi) is 11.0. The van der Waals surface area contributed by atoms with Gasteiger partial charge in [-0.15, -0.1) is 22.7 Å². The molecule has 0 fully saturated rings. The Morgan fingerprint density at radius 3 is 1.41 bits per heavy atom. The van der Waals surface area contributed by atoms with Crippen LogP contribution in [0.25, 0.3) is 0 Å². The molecule has 2 aromatic heterocycles. The van der Waals surface area contributed by atoms with E-state index in [0.717, 1.165) is 11.1 Å². The van der Waals surface area contributed by atoms with Crippen molar-refractivity contribution in [3.05, 3.63) is 94.7 Å². The molecule has 8 nitrogen and oxygen atoms in total. The summed E-state index contributed by atoms with van der Waals surface area (Å²) in [4.78, 5) is 0. The normalized spacial score (nSPS) is 12.2. The second kappa shape index (κ2) is 14.4. The van der Waals surface area contributed by atoms with E-state index in [2.05, 4.69) is 0 Å². The van der Waals surface area contributed by atoms with Crippen molar-refractivity contribution in [3.8, 4) is 11.5 Å². The molecule has 0 aliphatic carbocycles. The Hall–Kier alpha value is -2.74. The molecule has 0 bridgehead atoms. The highest BCUT2D eigenvalue weighted by molar-refractivity contribution is 7.91. The van der Waals surface area contributed by atoms with Gasteiger partial charge in [0, 0.05) is 26.2 Å². The van der Waals surface area contributed by atoms with Crippen molar-refractivity contribution in [1.82, 2.24) is 8.61 Å². The molecule has 2 aromatic carbocycles. The highest BCUT2D eigenvalue weighted by Crippen LogP contribution is 2.26. The van der Waals surface area contributed by atoms with Crippen molar-refractivity contribution in [1.29, 1.82) is 0 Å². The molecule has 0 N–H and O–H groups in total. The molecule has 41 heavy (non-hydrogen) atoms. The fourth-order valence-electron chi connectivity index (χ4n) is 4.35. The first-order valence-corrected chi connectivity index (χ1v) is 17.7. The molecular weight excluding hydrogens is 601 g/mol. The van der Waals surface area contributed by atoms with E-state index in [1.807, 2.05) is 48.5 Å². The van der Waals surface area contributed by atoms with E-state index in [1.165, 1.54) is 31.3 Å². The molecular formula is C29H34N2O6S4. The van der Waals surface area contributed by atoms with Gasteiger partial charge in [-0.1, -0.05) is 42.8 Å². The van der Waals surface area contributed by atoms with E-state index in [-0.39, 0.29) is 13.1 Å². The summed E-state index contributed by atoms with van der Waals surface area (Å²) in [6.45, 7) is 1.05. The summed E-state index contributed by atoms with van der Waals surface area (Å²) in [7, 11) is -4.21. The predicted octanol–water partition coefficient (Wildman–Crippen LogP) is 6.08. The van der Waals surface area contributed by atoms with Crippen molar-refractivity contribution in [3.63, 3.8) is 0 Å². The van der Waals surface area contributed by atoms with Crippen LogP contribution in [0.4, 0.5) is 0 Å². The molecule has 2 heterocycles. The van der Waals surface area contributed by atoms with Crippen molar-refractivity contribution < 1.29 is 26.3 Å². The molecule has 0 aliphatic rings. The fraction of sp³-hybridized carbons (Fsp3) is 0.310. The molecule has 12 heteroatoms. The number of rotatable bonds is 16. The molecule has 0 radical (unpaired) electrons. The van der Waals surface area contributed by atoms with E-state index in [0.29, 0.717) is 52.3 Å². The molecule has 0 amide bonds. The molecule has 220 valence electrons. The van der Waals surface area contributed by atoms with Crippen LogP contribution in [0.1, 0.15) is 30.4 Å². The summed E-state index contributed by atoms with van der Waals surface area (Å²) in [5.74, 6) is 1.33. The van der Waals surface area contributed by atoms with Gasteiger partial charge in [0.2, 0.25) is 0 Å². The van der Waals surface area contributed by atoms with Crippen molar-refractivity contribution in [2.24, 2.45) is 0 Å². The predicted molar refractivity (Wildman–Crippen MR) is 164 cm³/mol. The number of ether oxygens (including phenoxy) is 2. The number of benzene rings is 2. The topological polar surface area (TPSA) is 93.2 Å². The van der Waals surface area contributed by atoms with Gasteiger partial charge in [-0.05, 0) is 71.1 Å². The number of hydrogen-bond donors (Lipinski definition) is 0. The first-order valence-electron chi connectivity index (χ1n) is 13.1. The molecule has 0 atom stereocenters. The summed E-state index contributed by atoms with van der Waals surface area (Å²) in [5.41, 5.74) is 1.66. The summed E-state index contributed by atoms with van der Waals surface area (Å²) in [5, 5.41) is 3.50. The second-order valence-corrected chi connectivity index (χ2v) is 15.5. The van der Waals surface area contributed by atoms with Crippen molar-refractivity contribution in [2.75, 3.05) is 27.3 Å². The van der Waals surface area contributed by atoms with Crippen LogP contribution < -0.4 is 9.47 Å². The van der Waals surface area contributed by atoms with Gasteiger partial charge in [-0.2, -0.15) is 8.61 Å². The Labute approximate surface area is 250 Å². The van der Waals surface area contributed by atoms with E-state index in [9.17, 15) is 16.8 Å². The Bertz CT molecular complexity index is 1470. The Morgan fingerprint density at radius 1 is 0.610 bits per heavy atom. The fourth-order valence-corrected chi connectivity index (χ4v) is 9.57. The smallest absolute Gasteiger partial charge is 0.252 e. The van der Waals surface area contributed by atoms with Gasteiger partial charge in [0.15, 0.2) is 0 Å². The standard InChI is InChI=1S/C29H34N2O6S4/c1-36-26-12-6-10-24(20-26)22-30(40(32,33)28-14-8-18-38-28)16-4-3-5-17-31(41(34,35)29-15-9-19-39-29)23-25-11-7-13-27(21-25)37-2/h6-15,18-21H,3-5,16-17,22-23H2,1-2H3. The minimum Gasteiger partial charge on any atom is -0.497 e. The first-order chi connectivity index (χ1) is 19.7. The molecule has 4 rings (SSSR count). The molecule has 0 spiro atoms. The lowest BCUT2D eigenvalue weighted by Gasteiger charge is -2.23. The summed E-state index contributed by atoms with van der Waals surface area (Å²) in [6, 6.07) is 21.5. The van der Waals surface area contributed by atoms with Gasteiger partial charge in [-0.3, -0.25) is 0 Å². The maximum Gasteiger partial charge on any atom is 0.252 e. The SMILES string of the molecule is COc1cccc(CN(CCCCCN(Cc2cccc(OC)c2)S(=O)(=O)c2cccs2)S(=O)(=O)c2cccs2)c1. The summed E-state index contributed by atoms with van der Waals surface area (Å²) < 4.78 is 68.0. The van der Waals surface area contributed by atoms with Gasteiger partial charge in [-0.25, -0.2) is 16.8 Å². The first kappa shape index (κ1) is 31.2. The lowest BCUT2D eigenvalue weighted by Crippen LogP contribution is -2.32. The number of methoxy groups -OCH3 is 2. The number of nitrogens with zero attached hydrogens (tertiary/aromatic N) is 2. The lowest BCUT2D eigenvalue weighted by atomic mass is 10.2. The number of thiophene rings is 2. The third-order valence-corrected chi connectivity index (χ3v) is 12.9. The maximum absolute atomic E-state index is 13.5. The minimum atomic E-state index is -3.68. The minimum absolute atomic E-state index is 0.214. The van der Waals surface area contributed by atoms with Gasteiger partial charge in [0.1, 0.15) is 19.9 Å². The third kappa shape index (κ3) is 8.18. The summed E-state index contributed by atoms with van der Waals surface area (Å²) >= 11 is 2.39. The second-order valence-electron chi connectivity index (χ2n) is 9.31. The van der Waals surface area contributed by atoms with Crippen LogP contribution in [0, 0.1) is 0 Å². The van der Waals surface area contributed by atoms with E-state index >= 15 is 0 Å². The maximum atomic E-state index is 13.5. The quantitative estimate of drug-likeness (QED) is 0.139. The van der Waals surface area contributed by atoms with Crippen LogP contribution in [0.3, 0.4) is 0 Å². The van der Waals surface area contributed by atoms with Crippen LogP contribution in [0.15, 0.2) is 92.0 Å². The van der Waals surface area contributed by atoms with Gasteiger partial charge >= 0.3 is 0 Å². The van der Waals surface area contributed by atoms with Crippen LogP contribution in [-0.4, -0.2) is 52.8 Å². The molecule has 0 saturated carbocycles. The zero-order chi connectivity index (χ0) is 29.3. The molecule has 0 unspecified atom stereocenters. The largest absolute Gasteiger partial charge is 0.497 e. The van der Waals surface area contributed by atoms with Gasteiger partial charge < -0.3 is 9.47 Å². The van der Waals surface area contributed by atoms with Crippen LogP contribution in [-0.2, 0) is 33.1 Å². The van der Waals surface area contributed by atoms with Crippen LogP contribution in [0.2, 0.25) is 0 Å². The zero-order valence-electron chi connectivity index (χ0n) is 23.0. The lowest BCUT2D eigenvalue weighted by molar-refractivity contribution is 0.369. The number of unbranched alkanes of at least 4 members (excludes halogenated alkanes) is 2. The van der Waals surface area contributed by atoms with E-state index < -0.39 is 20.0 Å². The summed E-state index contributed by atoms with van der Waals surface area (Å²) in [6.07, 6.45) is 1.82. The van der Waals surface area contributed by atoms with E-state index in [4.69, 9.17) is 9.47 Å². The Morgan fingerprint density at radius 2 is 1.05 bits per heavy atom. The molecule has 0 aliphatic heterocycles. The average molecular weight is 635 g/mol. The monoisotopic (exact) mass is 634 g/mol. The van der Waals surface area contributed by atoms with Crippen molar-refractivity contribution >= 4 is 42.7 Å². The van der Waals surface area contributed by atoms with E-state index in [1.54, 1.807) is 49.2 Å². The third-order valence-electron chi connectivity index (χ3n) is 6.48. The van der Waals surface area contributed by atoms with Crippen LogP contribution in [0.5, 0.6) is 11.5 Å². The highest BCUT2D eigenvalue weighted by atomic mass is 32.3. The zero-order valence-corrected chi connectivity index (χ0v) is 26.3.